The number of nitrogens with one attached hydrogen (secondary N) is 1. The second kappa shape index (κ2) is 5.88. The summed E-state index contributed by atoms with van der Waals surface area (Å²) in [5.41, 5.74) is 0.785. The van der Waals surface area contributed by atoms with E-state index in [1.165, 1.54) is 35.9 Å². The summed E-state index contributed by atoms with van der Waals surface area (Å²) in [7, 11) is 0. The summed E-state index contributed by atoms with van der Waals surface area (Å²) in [6.45, 7) is 0. The zero-order valence-corrected chi connectivity index (χ0v) is 12.4. The molecule has 0 aliphatic rings. The van der Waals surface area contributed by atoms with Crippen LogP contribution in [0.5, 0.6) is 0 Å². The molecule has 0 saturated heterocycles. The van der Waals surface area contributed by atoms with Crippen molar-refractivity contribution in [1.82, 2.24) is 4.98 Å². The summed E-state index contributed by atoms with van der Waals surface area (Å²) in [5, 5.41) is 16.3. The van der Waals surface area contributed by atoms with Gasteiger partial charge in [-0.1, -0.05) is 6.07 Å². The lowest BCUT2D eigenvalue weighted by molar-refractivity contribution is -0.604. The van der Waals surface area contributed by atoms with E-state index in [2.05, 4.69) is 10.3 Å². The zero-order valence-electron chi connectivity index (χ0n) is 11.5. The number of benzene rings is 1. The SMILES string of the molecule is [O-][n+]1cccc(-c2csc(Nc3cccc(C(F)(F)F)c3)n2)c1. The minimum absolute atomic E-state index is 0.299. The smallest absolute Gasteiger partial charge is 0.416 e. The van der Waals surface area contributed by atoms with Gasteiger partial charge < -0.3 is 10.5 Å². The van der Waals surface area contributed by atoms with E-state index in [9.17, 15) is 18.4 Å². The summed E-state index contributed by atoms with van der Waals surface area (Å²) >= 11 is 1.24. The average Bonchev–Trinajstić information content (AvgIpc) is 2.95. The summed E-state index contributed by atoms with van der Waals surface area (Å²) in [4.78, 5) is 4.28. The molecule has 0 saturated carbocycles. The molecule has 0 unspecified atom stereocenters. The molecule has 4 nitrogen and oxygen atoms in total. The summed E-state index contributed by atoms with van der Waals surface area (Å²) in [6, 6.07) is 8.23. The van der Waals surface area contributed by atoms with Crippen molar-refractivity contribution >= 4 is 22.2 Å². The molecule has 2 heterocycles. The fourth-order valence-corrected chi connectivity index (χ4v) is 2.71. The molecule has 0 bridgehead atoms. The van der Waals surface area contributed by atoms with Gasteiger partial charge in [0.25, 0.3) is 0 Å². The Morgan fingerprint density at radius 1 is 1.17 bits per heavy atom. The fraction of sp³-hybridized carbons (Fsp3) is 0.0667. The summed E-state index contributed by atoms with van der Waals surface area (Å²) in [6.07, 6.45) is -1.65. The quantitative estimate of drug-likeness (QED) is 0.575. The van der Waals surface area contributed by atoms with Gasteiger partial charge in [0.05, 0.1) is 16.8 Å². The first-order chi connectivity index (χ1) is 10.9. The third-order valence-corrected chi connectivity index (χ3v) is 3.77. The van der Waals surface area contributed by atoms with E-state index in [-0.39, 0.29) is 0 Å². The Morgan fingerprint density at radius 2 is 2.00 bits per heavy atom. The zero-order chi connectivity index (χ0) is 16.4. The molecule has 8 heteroatoms. The van der Waals surface area contributed by atoms with Crippen LogP contribution < -0.4 is 10.0 Å². The number of halogens is 3. The largest absolute Gasteiger partial charge is 0.619 e. The number of nitrogens with zero attached hydrogens (tertiary/aromatic N) is 2. The molecule has 23 heavy (non-hydrogen) atoms. The molecule has 0 aliphatic heterocycles. The van der Waals surface area contributed by atoms with Crippen LogP contribution in [0.25, 0.3) is 11.3 Å². The minimum atomic E-state index is -4.39. The van der Waals surface area contributed by atoms with Gasteiger partial charge in [0.2, 0.25) is 0 Å². The van der Waals surface area contributed by atoms with Crippen LogP contribution in [0, 0.1) is 5.21 Å². The Bertz CT molecular complexity index is 833. The lowest BCUT2D eigenvalue weighted by Crippen LogP contribution is -2.23. The number of thiazole rings is 1. The fourth-order valence-electron chi connectivity index (χ4n) is 1.97. The maximum Gasteiger partial charge on any atom is 0.416 e. The lowest BCUT2D eigenvalue weighted by atomic mass is 10.2. The lowest BCUT2D eigenvalue weighted by Gasteiger charge is -2.08. The Kier molecular flexibility index (Phi) is 3.91. The van der Waals surface area contributed by atoms with Crippen molar-refractivity contribution in [3.63, 3.8) is 0 Å². The Labute approximate surface area is 133 Å². The molecule has 3 aromatic rings. The highest BCUT2D eigenvalue weighted by molar-refractivity contribution is 7.14. The van der Waals surface area contributed by atoms with Gasteiger partial charge in [0.15, 0.2) is 17.5 Å². The highest BCUT2D eigenvalue weighted by Crippen LogP contribution is 2.32. The molecule has 0 radical (unpaired) electrons. The van der Waals surface area contributed by atoms with Gasteiger partial charge in [0.1, 0.15) is 0 Å². The van der Waals surface area contributed by atoms with Crippen molar-refractivity contribution in [3.05, 3.63) is 64.9 Å². The van der Waals surface area contributed by atoms with E-state index >= 15 is 0 Å². The summed E-state index contributed by atoms with van der Waals surface area (Å²) in [5.74, 6) is 0. The van der Waals surface area contributed by atoms with Gasteiger partial charge >= 0.3 is 6.18 Å². The molecule has 1 N–H and O–H groups in total. The van der Waals surface area contributed by atoms with Crippen LogP contribution in [-0.4, -0.2) is 4.98 Å². The van der Waals surface area contributed by atoms with Crippen LogP contribution in [0.2, 0.25) is 0 Å². The molecule has 2 aromatic heterocycles. The maximum absolute atomic E-state index is 12.7. The van der Waals surface area contributed by atoms with Crippen molar-refractivity contribution in [2.75, 3.05) is 5.32 Å². The molecule has 3 rings (SSSR count). The van der Waals surface area contributed by atoms with Crippen molar-refractivity contribution < 1.29 is 17.9 Å². The Hall–Kier alpha value is -2.61. The van der Waals surface area contributed by atoms with Crippen molar-refractivity contribution in [1.29, 1.82) is 0 Å². The van der Waals surface area contributed by atoms with Gasteiger partial charge in [-0.3, -0.25) is 0 Å². The second-order valence-electron chi connectivity index (χ2n) is 4.69. The van der Waals surface area contributed by atoms with Crippen LogP contribution in [0.15, 0.2) is 54.2 Å². The normalized spacial score (nSPS) is 11.4. The van der Waals surface area contributed by atoms with E-state index in [1.807, 2.05) is 0 Å². The Balaban J connectivity index is 1.82. The third kappa shape index (κ3) is 3.59. The molecular formula is C15H10F3N3OS. The first-order valence-electron chi connectivity index (χ1n) is 6.51. The molecule has 0 aliphatic carbocycles. The Morgan fingerprint density at radius 3 is 2.74 bits per heavy atom. The van der Waals surface area contributed by atoms with E-state index < -0.39 is 11.7 Å². The van der Waals surface area contributed by atoms with Crippen molar-refractivity contribution in [3.8, 4) is 11.3 Å². The number of anilines is 2. The van der Waals surface area contributed by atoms with Gasteiger partial charge in [-0.25, -0.2) is 4.98 Å². The van der Waals surface area contributed by atoms with E-state index in [0.717, 1.165) is 12.1 Å². The van der Waals surface area contributed by atoms with E-state index in [4.69, 9.17) is 0 Å². The first-order valence-corrected chi connectivity index (χ1v) is 7.39. The minimum Gasteiger partial charge on any atom is -0.619 e. The number of hydrogen-bond donors (Lipinski definition) is 1. The predicted octanol–water partition coefficient (Wildman–Crippen LogP) is 4.21. The number of rotatable bonds is 3. The van der Waals surface area contributed by atoms with Gasteiger partial charge in [0, 0.05) is 17.1 Å². The number of alkyl halides is 3. The second-order valence-corrected chi connectivity index (χ2v) is 5.55. The number of pyridine rings is 1. The summed E-state index contributed by atoms with van der Waals surface area (Å²) < 4.78 is 38.8. The number of hydrogen-bond acceptors (Lipinski definition) is 4. The van der Waals surface area contributed by atoms with Gasteiger partial charge in [-0.2, -0.15) is 17.9 Å². The average molecular weight is 337 g/mol. The van der Waals surface area contributed by atoms with Crippen LogP contribution >= 0.6 is 11.3 Å². The highest BCUT2D eigenvalue weighted by atomic mass is 32.1. The van der Waals surface area contributed by atoms with Gasteiger partial charge in [-0.15, -0.1) is 11.3 Å². The van der Waals surface area contributed by atoms with Crippen molar-refractivity contribution in [2.45, 2.75) is 6.18 Å². The van der Waals surface area contributed by atoms with E-state index in [0.29, 0.717) is 26.8 Å². The molecule has 0 amide bonds. The monoisotopic (exact) mass is 337 g/mol. The number of aromatic nitrogens is 2. The van der Waals surface area contributed by atoms with Crippen LogP contribution in [0.1, 0.15) is 5.56 Å². The first kappa shape index (κ1) is 15.3. The highest BCUT2D eigenvalue weighted by Gasteiger charge is 2.30. The van der Waals surface area contributed by atoms with Crippen molar-refractivity contribution in [2.24, 2.45) is 0 Å². The molecule has 1 aromatic carbocycles. The van der Waals surface area contributed by atoms with Crippen LogP contribution in [-0.2, 0) is 6.18 Å². The van der Waals surface area contributed by atoms with Crippen LogP contribution in [0.3, 0.4) is 0 Å². The molecule has 0 spiro atoms. The van der Waals surface area contributed by atoms with Crippen LogP contribution in [0.4, 0.5) is 24.0 Å². The third-order valence-electron chi connectivity index (χ3n) is 3.02. The molecular weight excluding hydrogens is 327 g/mol. The van der Waals surface area contributed by atoms with Gasteiger partial charge in [-0.05, 0) is 24.3 Å². The maximum atomic E-state index is 12.7. The van der Waals surface area contributed by atoms with E-state index in [1.54, 1.807) is 17.5 Å². The topological polar surface area (TPSA) is 51.9 Å². The standard InChI is InChI=1S/C15H10F3N3OS/c16-15(17,18)11-4-1-5-12(7-11)19-14-20-13(9-23-14)10-3-2-6-21(22)8-10/h1-9H,(H,19,20). The molecule has 0 atom stereocenters. The molecule has 0 fully saturated rings. The predicted molar refractivity (Wildman–Crippen MR) is 81.2 cm³/mol. The molecule has 118 valence electrons.